The van der Waals surface area contributed by atoms with Crippen molar-refractivity contribution in [1.82, 2.24) is 9.55 Å². The third-order valence-corrected chi connectivity index (χ3v) is 3.69. The fraction of sp³-hybridized carbons (Fsp3) is 0.167. The predicted molar refractivity (Wildman–Crippen MR) is 93.7 cm³/mol. The van der Waals surface area contributed by atoms with Gasteiger partial charge in [0.05, 0.1) is 29.2 Å². The summed E-state index contributed by atoms with van der Waals surface area (Å²) >= 11 is 0. The SMILES string of the molecule is CCn1c(NC(=O)CNc2ccc(C#N)cc2)nc2ccccc21. The molecule has 3 rings (SSSR count). The standard InChI is InChI=1S/C18H17N5O/c1-2-23-16-6-4-3-5-15(16)21-18(23)22-17(24)12-20-14-9-7-13(11-19)8-10-14/h3-10,20H,2,12H2,1H3,(H,21,22,24). The number of aromatic nitrogens is 2. The van der Waals surface area contributed by atoms with E-state index in [1.165, 1.54) is 0 Å². The van der Waals surface area contributed by atoms with Gasteiger partial charge in [-0.3, -0.25) is 10.1 Å². The van der Waals surface area contributed by atoms with Crippen LogP contribution in [0.4, 0.5) is 11.6 Å². The number of hydrogen-bond donors (Lipinski definition) is 2. The van der Waals surface area contributed by atoms with Crippen LogP contribution in [0.1, 0.15) is 12.5 Å². The van der Waals surface area contributed by atoms with Crippen LogP contribution in [0.3, 0.4) is 0 Å². The number of rotatable bonds is 5. The summed E-state index contributed by atoms with van der Waals surface area (Å²) in [7, 11) is 0. The Labute approximate surface area is 139 Å². The molecule has 0 fully saturated rings. The van der Waals surface area contributed by atoms with Crippen LogP contribution in [0.25, 0.3) is 11.0 Å². The lowest BCUT2D eigenvalue weighted by molar-refractivity contribution is -0.114. The molecule has 6 nitrogen and oxygen atoms in total. The van der Waals surface area contributed by atoms with Crippen LogP contribution in [0, 0.1) is 11.3 Å². The van der Waals surface area contributed by atoms with Gasteiger partial charge in [0, 0.05) is 12.2 Å². The number of amides is 1. The van der Waals surface area contributed by atoms with Crippen LogP contribution in [0.2, 0.25) is 0 Å². The van der Waals surface area contributed by atoms with Gasteiger partial charge in [-0.2, -0.15) is 5.26 Å². The first-order chi connectivity index (χ1) is 11.7. The monoisotopic (exact) mass is 319 g/mol. The Morgan fingerprint density at radius 3 is 2.67 bits per heavy atom. The summed E-state index contributed by atoms with van der Waals surface area (Å²) in [5, 5.41) is 14.6. The number of carbonyl (C=O) groups excluding carboxylic acids is 1. The normalized spacial score (nSPS) is 10.3. The van der Waals surface area contributed by atoms with Crippen molar-refractivity contribution in [3.63, 3.8) is 0 Å². The third-order valence-electron chi connectivity index (χ3n) is 3.69. The molecule has 2 N–H and O–H groups in total. The minimum Gasteiger partial charge on any atom is -0.376 e. The average Bonchev–Trinajstić information content (AvgIpc) is 2.97. The number of imidazole rings is 1. The second-order valence-electron chi connectivity index (χ2n) is 5.26. The maximum Gasteiger partial charge on any atom is 0.245 e. The molecule has 1 aromatic heterocycles. The highest BCUT2D eigenvalue weighted by molar-refractivity contribution is 5.94. The van der Waals surface area contributed by atoms with Crippen molar-refractivity contribution in [3.8, 4) is 6.07 Å². The molecule has 1 amide bonds. The van der Waals surface area contributed by atoms with Gasteiger partial charge in [-0.15, -0.1) is 0 Å². The van der Waals surface area contributed by atoms with E-state index in [0.29, 0.717) is 11.5 Å². The number of nitriles is 1. The number of benzene rings is 2. The number of nitrogens with one attached hydrogen (secondary N) is 2. The quantitative estimate of drug-likeness (QED) is 0.757. The van der Waals surface area contributed by atoms with Crippen molar-refractivity contribution in [2.75, 3.05) is 17.2 Å². The van der Waals surface area contributed by atoms with Crippen molar-refractivity contribution in [2.24, 2.45) is 0 Å². The lowest BCUT2D eigenvalue weighted by Crippen LogP contribution is -2.23. The third kappa shape index (κ3) is 3.20. The molecule has 0 radical (unpaired) electrons. The fourth-order valence-electron chi connectivity index (χ4n) is 2.50. The molecule has 0 unspecified atom stereocenters. The van der Waals surface area contributed by atoms with Crippen molar-refractivity contribution in [2.45, 2.75) is 13.5 Å². The summed E-state index contributed by atoms with van der Waals surface area (Å²) in [4.78, 5) is 16.6. The van der Waals surface area contributed by atoms with Gasteiger partial charge < -0.3 is 9.88 Å². The highest BCUT2D eigenvalue weighted by Gasteiger charge is 2.11. The maximum atomic E-state index is 12.2. The van der Waals surface area contributed by atoms with Crippen LogP contribution in [-0.2, 0) is 11.3 Å². The van der Waals surface area contributed by atoms with Gasteiger partial charge in [-0.1, -0.05) is 12.1 Å². The highest BCUT2D eigenvalue weighted by Crippen LogP contribution is 2.19. The number of hydrogen-bond acceptors (Lipinski definition) is 4. The fourth-order valence-corrected chi connectivity index (χ4v) is 2.50. The zero-order chi connectivity index (χ0) is 16.9. The largest absolute Gasteiger partial charge is 0.376 e. The highest BCUT2D eigenvalue weighted by atomic mass is 16.2. The lowest BCUT2D eigenvalue weighted by Gasteiger charge is -2.09. The van der Waals surface area contributed by atoms with Crippen molar-refractivity contribution in [1.29, 1.82) is 5.26 Å². The van der Waals surface area contributed by atoms with Crippen LogP contribution in [0.15, 0.2) is 48.5 Å². The zero-order valence-corrected chi connectivity index (χ0v) is 13.3. The van der Waals surface area contributed by atoms with Gasteiger partial charge in [-0.05, 0) is 43.3 Å². The van der Waals surface area contributed by atoms with Crippen LogP contribution in [0.5, 0.6) is 0 Å². The Hall–Kier alpha value is -3.33. The molecular formula is C18H17N5O. The van der Waals surface area contributed by atoms with E-state index < -0.39 is 0 Å². The van der Waals surface area contributed by atoms with Crippen LogP contribution < -0.4 is 10.6 Å². The number of anilines is 2. The first kappa shape index (κ1) is 15.6. The summed E-state index contributed by atoms with van der Waals surface area (Å²) in [5.41, 5.74) is 3.22. The molecule has 0 spiro atoms. The Morgan fingerprint density at radius 2 is 1.96 bits per heavy atom. The van der Waals surface area contributed by atoms with E-state index in [-0.39, 0.29) is 12.5 Å². The molecule has 120 valence electrons. The molecule has 6 heteroatoms. The summed E-state index contributed by atoms with van der Waals surface area (Å²) in [6.07, 6.45) is 0. The number of aryl methyl sites for hydroxylation is 1. The number of fused-ring (bicyclic) bond motifs is 1. The molecule has 0 bridgehead atoms. The van der Waals surface area contributed by atoms with Gasteiger partial charge in [0.1, 0.15) is 0 Å². The van der Waals surface area contributed by atoms with Gasteiger partial charge in [-0.25, -0.2) is 4.98 Å². The Bertz CT molecular complexity index is 905. The Morgan fingerprint density at radius 1 is 1.21 bits per heavy atom. The minimum absolute atomic E-state index is 0.124. The first-order valence-corrected chi connectivity index (χ1v) is 7.70. The number of nitrogens with zero attached hydrogens (tertiary/aromatic N) is 3. The molecule has 0 saturated heterocycles. The van der Waals surface area contributed by atoms with E-state index in [2.05, 4.69) is 21.7 Å². The van der Waals surface area contributed by atoms with Gasteiger partial charge >= 0.3 is 0 Å². The maximum absolute atomic E-state index is 12.2. The van der Waals surface area contributed by atoms with E-state index in [1.807, 2.05) is 35.8 Å². The van der Waals surface area contributed by atoms with E-state index >= 15 is 0 Å². The Kier molecular flexibility index (Phi) is 4.43. The van der Waals surface area contributed by atoms with Gasteiger partial charge in [0.2, 0.25) is 11.9 Å². The average molecular weight is 319 g/mol. The van der Waals surface area contributed by atoms with E-state index in [0.717, 1.165) is 23.3 Å². The second kappa shape index (κ2) is 6.84. The summed E-state index contributed by atoms with van der Waals surface area (Å²) in [5.74, 6) is 0.370. The molecule has 1 heterocycles. The van der Waals surface area contributed by atoms with Crippen LogP contribution in [-0.4, -0.2) is 22.0 Å². The molecule has 0 aliphatic heterocycles. The summed E-state index contributed by atoms with van der Waals surface area (Å²) < 4.78 is 1.97. The molecule has 0 aliphatic rings. The molecule has 0 atom stereocenters. The second-order valence-corrected chi connectivity index (χ2v) is 5.26. The van der Waals surface area contributed by atoms with E-state index in [4.69, 9.17) is 5.26 Å². The topological polar surface area (TPSA) is 82.7 Å². The van der Waals surface area contributed by atoms with Gasteiger partial charge in [0.15, 0.2) is 0 Å². The molecule has 24 heavy (non-hydrogen) atoms. The predicted octanol–water partition coefficient (Wildman–Crippen LogP) is 2.98. The van der Waals surface area contributed by atoms with E-state index in [9.17, 15) is 4.79 Å². The first-order valence-electron chi connectivity index (χ1n) is 7.70. The number of para-hydroxylation sites is 2. The van der Waals surface area contributed by atoms with Crippen molar-refractivity contribution >= 4 is 28.6 Å². The molecule has 2 aromatic carbocycles. The molecule has 3 aromatic rings. The molecular weight excluding hydrogens is 302 g/mol. The molecule has 0 saturated carbocycles. The number of carbonyl (C=O) groups is 1. The minimum atomic E-state index is -0.177. The molecule has 0 aliphatic carbocycles. The van der Waals surface area contributed by atoms with Crippen molar-refractivity contribution < 1.29 is 4.79 Å². The zero-order valence-electron chi connectivity index (χ0n) is 13.3. The Balaban J connectivity index is 1.67. The smallest absolute Gasteiger partial charge is 0.245 e. The van der Waals surface area contributed by atoms with Gasteiger partial charge in [0.25, 0.3) is 0 Å². The van der Waals surface area contributed by atoms with E-state index in [1.54, 1.807) is 24.3 Å². The lowest BCUT2D eigenvalue weighted by atomic mass is 10.2. The van der Waals surface area contributed by atoms with Crippen molar-refractivity contribution in [3.05, 3.63) is 54.1 Å². The summed E-state index contributed by atoms with van der Waals surface area (Å²) in [6.45, 7) is 2.86. The summed E-state index contributed by atoms with van der Waals surface area (Å²) in [6, 6.07) is 16.8. The van der Waals surface area contributed by atoms with Crippen LogP contribution >= 0.6 is 0 Å².